The first kappa shape index (κ1) is 21.1. The number of aryl methyl sites for hydroxylation is 1. The lowest BCUT2D eigenvalue weighted by molar-refractivity contribution is 0.0705. The molecule has 29 heavy (non-hydrogen) atoms. The van der Waals surface area contributed by atoms with Crippen molar-refractivity contribution in [3.63, 3.8) is 0 Å². The zero-order valence-electron chi connectivity index (χ0n) is 18.3. The monoisotopic (exact) mass is 397 g/mol. The fraction of sp³-hybridized carbons (Fsp3) is 0.522. The molecule has 0 atom stereocenters. The van der Waals surface area contributed by atoms with Gasteiger partial charge in [0, 0.05) is 38.7 Å². The van der Waals surface area contributed by atoms with Gasteiger partial charge in [-0.1, -0.05) is 32.9 Å². The van der Waals surface area contributed by atoms with Gasteiger partial charge in [-0.3, -0.25) is 9.59 Å². The SMILES string of the molecule is Cc1oc(C2CCN(C(=O)c3ccc(C(C)(C)C)cc3)CC2)nc1C(=O)N(C)C. The molecule has 156 valence electrons. The third-order valence-corrected chi connectivity index (χ3v) is 5.55. The number of rotatable bonds is 3. The van der Waals surface area contributed by atoms with E-state index in [0.29, 0.717) is 30.4 Å². The molecular weight excluding hydrogens is 366 g/mol. The van der Waals surface area contributed by atoms with Gasteiger partial charge in [0.1, 0.15) is 5.76 Å². The summed E-state index contributed by atoms with van der Waals surface area (Å²) in [7, 11) is 3.41. The summed E-state index contributed by atoms with van der Waals surface area (Å²) in [6.07, 6.45) is 1.56. The van der Waals surface area contributed by atoms with Gasteiger partial charge in [0.25, 0.3) is 11.8 Å². The van der Waals surface area contributed by atoms with Crippen LogP contribution in [0.4, 0.5) is 0 Å². The van der Waals surface area contributed by atoms with Gasteiger partial charge >= 0.3 is 0 Å². The van der Waals surface area contributed by atoms with Crippen LogP contribution in [0, 0.1) is 6.92 Å². The van der Waals surface area contributed by atoms with E-state index in [4.69, 9.17) is 4.42 Å². The molecule has 0 radical (unpaired) electrons. The number of carbonyl (C=O) groups excluding carboxylic acids is 2. The van der Waals surface area contributed by atoms with Crippen molar-refractivity contribution >= 4 is 11.8 Å². The minimum Gasteiger partial charge on any atom is -0.445 e. The number of hydrogen-bond acceptors (Lipinski definition) is 4. The van der Waals surface area contributed by atoms with E-state index in [1.54, 1.807) is 21.0 Å². The van der Waals surface area contributed by atoms with Crippen molar-refractivity contribution in [3.05, 3.63) is 52.7 Å². The molecule has 1 saturated heterocycles. The summed E-state index contributed by atoms with van der Waals surface area (Å²) in [6.45, 7) is 9.57. The Morgan fingerprint density at radius 2 is 1.69 bits per heavy atom. The number of nitrogens with zero attached hydrogens (tertiary/aromatic N) is 3. The Morgan fingerprint density at radius 1 is 1.10 bits per heavy atom. The Labute approximate surface area is 172 Å². The third kappa shape index (κ3) is 4.52. The number of piperidine rings is 1. The van der Waals surface area contributed by atoms with E-state index in [1.807, 2.05) is 29.2 Å². The van der Waals surface area contributed by atoms with Crippen LogP contribution in [0.1, 0.15) is 77.6 Å². The minimum absolute atomic E-state index is 0.0657. The molecule has 1 aliphatic rings. The second-order valence-electron chi connectivity index (χ2n) is 9.05. The summed E-state index contributed by atoms with van der Waals surface area (Å²) in [5.74, 6) is 1.20. The lowest BCUT2D eigenvalue weighted by atomic mass is 9.86. The first-order valence-corrected chi connectivity index (χ1v) is 10.2. The summed E-state index contributed by atoms with van der Waals surface area (Å²) in [4.78, 5) is 32.9. The van der Waals surface area contributed by atoms with Crippen LogP contribution >= 0.6 is 0 Å². The van der Waals surface area contributed by atoms with Crippen molar-refractivity contribution in [2.45, 2.75) is 51.9 Å². The van der Waals surface area contributed by atoms with Gasteiger partial charge < -0.3 is 14.2 Å². The maximum absolute atomic E-state index is 12.9. The van der Waals surface area contributed by atoms with E-state index < -0.39 is 0 Å². The van der Waals surface area contributed by atoms with Crippen LogP contribution < -0.4 is 0 Å². The molecule has 0 unspecified atom stereocenters. The number of benzene rings is 1. The fourth-order valence-electron chi connectivity index (χ4n) is 3.63. The lowest BCUT2D eigenvalue weighted by Crippen LogP contribution is -2.38. The number of likely N-dealkylation sites (tertiary alicyclic amines) is 1. The Morgan fingerprint density at radius 3 is 2.21 bits per heavy atom. The zero-order valence-corrected chi connectivity index (χ0v) is 18.3. The van der Waals surface area contributed by atoms with Crippen LogP contribution in [-0.4, -0.2) is 53.8 Å². The highest BCUT2D eigenvalue weighted by atomic mass is 16.4. The van der Waals surface area contributed by atoms with E-state index in [9.17, 15) is 9.59 Å². The van der Waals surface area contributed by atoms with E-state index in [2.05, 4.69) is 25.8 Å². The first-order valence-electron chi connectivity index (χ1n) is 10.2. The number of oxazole rings is 1. The summed E-state index contributed by atoms with van der Waals surface area (Å²) in [6, 6.07) is 7.93. The number of carbonyl (C=O) groups is 2. The largest absolute Gasteiger partial charge is 0.445 e. The van der Waals surface area contributed by atoms with Crippen molar-refractivity contribution in [1.29, 1.82) is 0 Å². The molecule has 2 heterocycles. The Balaban J connectivity index is 1.64. The van der Waals surface area contributed by atoms with Gasteiger partial charge in [0.15, 0.2) is 11.6 Å². The van der Waals surface area contributed by atoms with E-state index in [-0.39, 0.29) is 23.1 Å². The maximum atomic E-state index is 12.9. The molecular formula is C23H31N3O3. The molecule has 0 saturated carbocycles. The minimum atomic E-state index is -0.149. The number of amides is 2. The normalized spacial score (nSPS) is 15.4. The molecule has 0 spiro atoms. The fourth-order valence-corrected chi connectivity index (χ4v) is 3.63. The van der Waals surface area contributed by atoms with Gasteiger partial charge in [-0.25, -0.2) is 4.98 Å². The molecule has 1 aromatic heterocycles. The Kier molecular flexibility index (Phi) is 5.82. The van der Waals surface area contributed by atoms with E-state index >= 15 is 0 Å². The van der Waals surface area contributed by atoms with Crippen LogP contribution in [0.25, 0.3) is 0 Å². The molecule has 6 heteroatoms. The second kappa shape index (κ2) is 8.01. The predicted octanol–water partition coefficient (Wildman–Crippen LogP) is 4.00. The third-order valence-electron chi connectivity index (χ3n) is 5.55. The average Bonchev–Trinajstić information content (AvgIpc) is 3.08. The van der Waals surface area contributed by atoms with Crippen LogP contribution in [0.3, 0.4) is 0 Å². The van der Waals surface area contributed by atoms with E-state index in [0.717, 1.165) is 18.4 Å². The van der Waals surface area contributed by atoms with Crippen molar-refractivity contribution in [2.24, 2.45) is 0 Å². The predicted molar refractivity (Wildman–Crippen MR) is 112 cm³/mol. The molecule has 0 aliphatic carbocycles. The molecule has 6 nitrogen and oxygen atoms in total. The highest BCUT2D eigenvalue weighted by Crippen LogP contribution is 2.30. The van der Waals surface area contributed by atoms with Crippen LogP contribution in [0.2, 0.25) is 0 Å². The zero-order chi connectivity index (χ0) is 21.3. The molecule has 1 fully saturated rings. The highest BCUT2D eigenvalue weighted by molar-refractivity contribution is 5.94. The van der Waals surface area contributed by atoms with Crippen LogP contribution in [0.15, 0.2) is 28.7 Å². The molecule has 1 aliphatic heterocycles. The molecule has 0 N–H and O–H groups in total. The average molecular weight is 398 g/mol. The lowest BCUT2D eigenvalue weighted by Gasteiger charge is -2.31. The Bertz CT molecular complexity index is 883. The molecule has 0 bridgehead atoms. The summed E-state index contributed by atoms with van der Waals surface area (Å²) in [5.41, 5.74) is 2.39. The highest BCUT2D eigenvalue weighted by Gasteiger charge is 2.29. The number of aromatic nitrogens is 1. The first-order chi connectivity index (χ1) is 13.6. The summed E-state index contributed by atoms with van der Waals surface area (Å²) < 4.78 is 5.79. The van der Waals surface area contributed by atoms with Crippen molar-refractivity contribution in [3.8, 4) is 0 Å². The Hall–Kier alpha value is -2.63. The molecule has 3 rings (SSSR count). The standard InChI is InChI=1S/C23H31N3O3/c1-15-19(22(28)25(5)6)24-20(29-15)16-11-13-26(14-12-16)21(27)17-7-9-18(10-8-17)23(2,3)4/h7-10,16H,11-14H2,1-6H3. The quantitative estimate of drug-likeness (QED) is 0.785. The molecule has 2 amide bonds. The van der Waals surface area contributed by atoms with E-state index in [1.165, 1.54) is 10.5 Å². The van der Waals surface area contributed by atoms with Crippen molar-refractivity contribution < 1.29 is 14.0 Å². The maximum Gasteiger partial charge on any atom is 0.275 e. The van der Waals surface area contributed by atoms with Gasteiger partial charge in [0.05, 0.1) is 0 Å². The van der Waals surface area contributed by atoms with Crippen molar-refractivity contribution in [2.75, 3.05) is 27.2 Å². The smallest absolute Gasteiger partial charge is 0.275 e. The molecule has 2 aromatic rings. The van der Waals surface area contributed by atoms with Gasteiger partial charge in [-0.2, -0.15) is 0 Å². The second-order valence-corrected chi connectivity index (χ2v) is 9.05. The van der Waals surface area contributed by atoms with Gasteiger partial charge in [-0.15, -0.1) is 0 Å². The van der Waals surface area contributed by atoms with Crippen LogP contribution in [0.5, 0.6) is 0 Å². The topological polar surface area (TPSA) is 66.7 Å². The summed E-state index contributed by atoms with van der Waals surface area (Å²) in [5, 5.41) is 0. The number of hydrogen-bond donors (Lipinski definition) is 0. The van der Waals surface area contributed by atoms with Crippen LogP contribution in [-0.2, 0) is 5.41 Å². The van der Waals surface area contributed by atoms with Gasteiger partial charge in [0.2, 0.25) is 0 Å². The van der Waals surface area contributed by atoms with Gasteiger partial charge in [-0.05, 0) is 42.9 Å². The molecule has 1 aromatic carbocycles. The van der Waals surface area contributed by atoms with Crippen molar-refractivity contribution in [1.82, 2.24) is 14.8 Å². The summed E-state index contributed by atoms with van der Waals surface area (Å²) >= 11 is 0.